The summed E-state index contributed by atoms with van der Waals surface area (Å²) in [5.41, 5.74) is 2.64. The van der Waals surface area contributed by atoms with Gasteiger partial charge in [-0.2, -0.15) is 0 Å². The molecule has 3 rings (SSSR count). The van der Waals surface area contributed by atoms with Gasteiger partial charge in [-0.1, -0.05) is 88.4 Å². The van der Waals surface area contributed by atoms with Crippen LogP contribution in [0.5, 0.6) is 0 Å². The number of hydrogen-bond donors (Lipinski definition) is 0. The van der Waals surface area contributed by atoms with Crippen LogP contribution < -0.4 is 0 Å². The molecule has 0 radical (unpaired) electrons. The Balaban J connectivity index is 1.72. The van der Waals surface area contributed by atoms with Crippen molar-refractivity contribution in [2.45, 2.75) is 96.1 Å². The first-order chi connectivity index (χ1) is 16.5. The van der Waals surface area contributed by atoms with Crippen LogP contribution in [0.25, 0.3) is 11.1 Å². The topological polar surface area (TPSA) is 0 Å². The van der Waals surface area contributed by atoms with E-state index in [1.807, 2.05) is 0 Å². The molecule has 0 nitrogen and oxygen atoms in total. The van der Waals surface area contributed by atoms with Crippen molar-refractivity contribution in [1.29, 1.82) is 0 Å². The summed E-state index contributed by atoms with van der Waals surface area (Å²) in [6, 6.07) is 8.07. The van der Waals surface area contributed by atoms with Crippen molar-refractivity contribution in [3.63, 3.8) is 0 Å². The van der Waals surface area contributed by atoms with E-state index in [2.05, 4.69) is 25.6 Å². The van der Waals surface area contributed by atoms with Gasteiger partial charge in [-0.15, -0.1) is 5.70 Å². The standard InChI is InChI=1S/C29H38F4Si/c1-3-5-7-8-9-11-22-12-13-24(28(32)26(22)30)25-15-14-23(27(31)29(25)33)21-16-19-34(20-17-21)18-10-6-4-2/h10,12-15,18,21,34H,3-9,11,16-17,19-20H2,1-2H3. The van der Waals surface area contributed by atoms with Gasteiger partial charge in [0.15, 0.2) is 23.3 Å². The third-order valence-corrected chi connectivity index (χ3v) is 10.2. The molecule has 0 aromatic heterocycles. The second kappa shape index (κ2) is 13.3. The van der Waals surface area contributed by atoms with Gasteiger partial charge in [-0.3, -0.25) is 0 Å². The lowest BCUT2D eigenvalue weighted by molar-refractivity contribution is 0.476. The Morgan fingerprint density at radius 3 is 2.09 bits per heavy atom. The highest BCUT2D eigenvalue weighted by Gasteiger charge is 2.27. The first kappa shape index (κ1) is 26.7. The van der Waals surface area contributed by atoms with E-state index in [-0.39, 0.29) is 17.0 Å². The molecule has 0 spiro atoms. The van der Waals surface area contributed by atoms with Crippen molar-refractivity contribution >= 4 is 8.80 Å². The van der Waals surface area contributed by atoms with Crippen molar-refractivity contribution in [3.05, 3.63) is 70.4 Å². The zero-order valence-corrected chi connectivity index (χ0v) is 21.8. The lowest BCUT2D eigenvalue weighted by Crippen LogP contribution is -2.19. The molecule has 0 amide bonds. The molecular weight excluding hydrogens is 452 g/mol. The summed E-state index contributed by atoms with van der Waals surface area (Å²) in [6.45, 7) is 4.29. The largest absolute Gasteiger partial charge is 0.203 e. The van der Waals surface area contributed by atoms with Gasteiger partial charge in [-0.25, -0.2) is 17.6 Å². The second-order valence-corrected chi connectivity index (χ2v) is 12.8. The maximum Gasteiger partial charge on any atom is 0.167 e. The first-order valence-corrected chi connectivity index (χ1v) is 15.4. The molecule has 1 saturated heterocycles. The van der Waals surface area contributed by atoms with Crippen LogP contribution in [0, 0.1) is 23.3 Å². The maximum absolute atomic E-state index is 15.1. The Kier molecular flexibility index (Phi) is 10.4. The van der Waals surface area contributed by atoms with Gasteiger partial charge in [0, 0.05) is 11.1 Å². The van der Waals surface area contributed by atoms with Crippen molar-refractivity contribution in [3.8, 4) is 11.1 Å². The lowest BCUT2D eigenvalue weighted by Gasteiger charge is -2.27. The molecule has 2 aromatic carbocycles. The van der Waals surface area contributed by atoms with E-state index in [0.29, 0.717) is 17.5 Å². The van der Waals surface area contributed by atoms with Crippen molar-refractivity contribution in [1.82, 2.24) is 0 Å². The zero-order valence-electron chi connectivity index (χ0n) is 20.6. The molecule has 1 aliphatic heterocycles. The minimum Gasteiger partial charge on any atom is -0.203 e. The molecule has 2 aromatic rings. The molecule has 0 N–H and O–H groups in total. The average molecular weight is 491 g/mol. The number of allylic oxidation sites excluding steroid dienone is 1. The van der Waals surface area contributed by atoms with E-state index < -0.39 is 32.1 Å². The van der Waals surface area contributed by atoms with Gasteiger partial charge in [0.1, 0.15) is 0 Å². The summed E-state index contributed by atoms with van der Waals surface area (Å²) >= 11 is 0. The Hall–Kier alpha value is -1.88. The number of halogens is 4. The molecule has 0 saturated carbocycles. The van der Waals surface area contributed by atoms with Gasteiger partial charge in [0.05, 0.1) is 8.80 Å². The minimum absolute atomic E-state index is 0.0106. The fourth-order valence-corrected chi connectivity index (χ4v) is 7.99. The molecule has 34 heavy (non-hydrogen) atoms. The van der Waals surface area contributed by atoms with E-state index in [1.54, 1.807) is 6.07 Å². The summed E-state index contributed by atoms with van der Waals surface area (Å²) in [7, 11) is -0.927. The number of aryl methyl sites for hydroxylation is 1. The quantitative estimate of drug-likeness (QED) is 0.167. The van der Waals surface area contributed by atoms with E-state index in [4.69, 9.17) is 0 Å². The van der Waals surface area contributed by atoms with Gasteiger partial charge in [0.25, 0.3) is 0 Å². The molecule has 0 atom stereocenters. The van der Waals surface area contributed by atoms with Gasteiger partial charge >= 0.3 is 0 Å². The fraction of sp³-hybridized carbons (Fsp3) is 0.517. The molecule has 1 fully saturated rings. The highest BCUT2D eigenvalue weighted by molar-refractivity contribution is 6.64. The van der Waals surface area contributed by atoms with Crippen LogP contribution in [-0.2, 0) is 6.42 Å². The van der Waals surface area contributed by atoms with E-state index >= 15 is 8.78 Å². The summed E-state index contributed by atoms with van der Waals surface area (Å²) in [6.07, 6.45) is 11.8. The number of rotatable bonds is 11. The summed E-state index contributed by atoms with van der Waals surface area (Å²) < 4.78 is 59.6. The molecule has 186 valence electrons. The minimum atomic E-state index is -1.09. The Labute approximate surface area is 204 Å². The Bertz CT molecular complexity index is 961. The van der Waals surface area contributed by atoms with Crippen LogP contribution in [0.3, 0.4) is 0 Å². The van der Waals surface area contributed by atoms with Crippen LogP contribution in [0.15, 0.2) is 36.0 Å². The van der Waals surface area contributed by atoms with Crippen molar-refractivity contribution in [2.24, 2.45) is 0 Å². The lowest BCUT2D eigenvalue weighted by atomic mass is 9.90. The highest BCUT2D eigenvalue weighted by Crippen LogP contribution is 2.38. The molecule has 1 heterocycles. The van der Waals surface area contributed by atoms with E-state index in [9.17, 15) is 8.78 Å². The number of benzene rings is 2. The van der Waals surface area contributed by atoms with Crippen molar-refractivity contribution < 1.29 is 17.6 Å². The number of hydrogen-bond acceptors (Lipinski definition) is 0. The second-order valence-electron chi connectivity index (χ2n) is 9.72. The highest BCUT2D eigenvalue weighted by atomic mass is 28.3. The molecule has 0 unspecified atom stereocenters. The van der Waals surface area contributed by atoms with Crippen LogP contribution in [0.2, 0.25) is 12.1 Å². The SMILES string of the molecule is CCCC=C[SiH]1CCC(c2ccc(-c3ccc(CCCCCCC)c(F)c3F)c(F)c2F)CC1. The fourth-order valence-electron chi connectivity index (χ4n) is 5.08. The summed E-state index contributed by atoms with van der Waals surface area (Å²) in [5.74, 6) is -4.04. The Morgan fingerprint density at radius 1 is 0.765 bits per heavy atom. The van der Waals surface area contributed by atoms with Gasteiger partial charge in [-0.05, 0) is 49.1 Å². The average Bonchev–Trinajstić information content (AvgIpc) is 2.84. The van der Waals surface area contributed by atoms with E-state index in [1.165, 1.54) is 18.2 Å². The van der Waals surface area contributed by atoms with Crippen LogP contribution in [0.1, 0.15) is 88.7 Å². The molecular formula is C29H38F4Si. The molecule has 1 aliphatic rings. The normalized spacial score (nSPS) is 18.6. The first-order valence-electron chi connectivity index (χ1n) is 13.1. The molecule has 5 heteroatoms. The van der Waals surface area contributed by atoms with E-state index in [0.717, 1.165) is 69.9 Å². The number of unbranched alkanes of at least 4 members (excludes halogenated alkanes) is 5. The molecule has 0 bridgehead atoms. The maximum atomic E-state index is 15.1. The van der Waals surface area contributed by atoms with Crippen LogP contribution >= 0.6 is 0 Å². The smallest absolute Gasteiger partial charge is 0.167 e. The van der Waals surface area contributed by atoms with Crippen molar-refractivity contribution in [2.75, 3.05) is 0 Å². The third-order valence-electron chi connectivity index (χ3n) is 7.19. The third kappa shape index (κ3) is 6.62. The van der Waals surface area contributed by atoms with Gasteiger partial charge < -0.3 is 0 Å². The van der Waals surface area contributed by atoms with Crippen LogP contribution in [-0.4, -0.2) is 8.80 Å². The summed E-state index contributed by atoms with van der Waals surface area (Å²) in [5, 5.41) is 0. The monoisotopic (exact) mass is 490 g/mol. The summed E-state index contributed by atoms with van der Waals surface area (Å²) in [4.78, 5) is 0. The van der Waals surface area contributed by atoms with Crippen LogP contribution in [0.4, 0.5) is 17.6 Å². The predicted molar refractivity (Wildman–Crippen MR) is 137 cm³/mol. The predicted octanol–water partition coefficient (Wildman–Crippen LogP) is 9.42. The Morgan fingerprint density at radius 2 is 1.41 bits per heavy atom. The zero-order chi connectivity index (χ0) is 24.5. The van der Waals surface area contributed by atoms with Gasteiger partial charge in [0.2, 0.25) is 0 Å². The molecule has 0 aliphatic carbocycles.